The minimum absolute atomic E-state index is 0.0768. The van der Waals surface area contributed by atoms with E-state index in [2.05, 4.69) is 31.9 Å². The van der Waals surface area contributed by atoms with Gasteiger partial charge in [0.2, 0.25) is 0 Å². The van der Waals surface area contributed by atoms with Crippen molar-refractivity contribution in [3.8, 4) is 0 Å². The molecule has 1 aromatic rings. The van der Waals surface area contributed by atoms with Crippen LogP contribution < -0.4 is 0 Å². The van der Waals surface area contributed by atoms with Gasteiger partial charge in [0.1, 0.15) is 6.61 Å². The van der Waals surface area contributed by atoms with Crippen molar-refractivity contribution < 1.29 is 14.6 Å². The van der Waals surface area contributed by atoms with Crippen molar-refractivity contribution in [3.63, 3.8) is 0 Å². The Kier molecular flexibility index (Phi) is 5.30. The molecule has 0 unspecified atom stereocenters. The van der Waals surface area contributed by atoms with Gasteiger partial charge in [-0.2, -0.15) is 0 Å². The number of likely N-dealkylation sites (tertiary alicyclic amines) is 1. The number of carboxylic acid groups (broad SMARTS) is 1. The fourth-order valence-corrected chi connectivity index (χ4v) is 2.64. The van der Waals surface area contributed by atoms with Crippen LogP contribution in [0.4, 0.5) is 0 Å². The van der Waals surface area contributed by atoms with Crippen LogP contribution in [-0.2, 0) is 16.1 Å². The van der Waals surface area contributed by atoms with Gasteiger partial charge in [-0.1, -0.05) is 0 Å². The van der Waals surface area contributed by atoms with E-state index in [1.807, 2.05) is 6.20 Å². The first-order valence-electron chi connectivity index (χ1n) is 6.28. The Bertz CT molecular complexity index is 434. The fraction of sp³-hybridized carbons (Fsp3) is 0.538. The maximum Gasteiger partial charge on any atom is 0.329 e. The number of nitrogens with zero attached hydrogens (tertiary/aromatic N) is 2. The zero-order valence-corrected chi connectivity index (χ0v) is 12.2. The second kappa shape index (κ2) is 6.98. The van der Waals surface area contributed by atoms with Gasteiger partial charge in [0.25, 0.3) is 0 Å². The summed E-state index contributed by atoms with van der Waals surface area (Å²) in [4.78, 5) is 16.9. The van der Waals surface area contributed by atoms with Gasteiger partial charge in [-0.25, -0.2) is 4.79 Å². The molecule has 0 amide bonds. The summed E-state index contributed by atoms with van der Waals surface area (Å²) >= 11 is 3.41. The highest BCUT2D eigenvalue weighted by atomic mass is 79.9. The van der Waals surface area contributed by atoms with Gasteiger partial charge in [-0.05, 0) is 40.4 Å². The molecule has 0 bridgehead atoms. The summed E-state index contributed by atoms with van der Waals surface area (Å²) in [6.07, 6.45) is 5.49. The van der Waals surface area contributed by atoms with Crippen LogP contribution in [0.5, 0.6) is 0 Å². The lowest BCUT2D eigenvalue weighted by atomic mass is 10.1. The van der Waals surface area contributed by atoms with Crippen LogP contribution in [0.1, 0.15) is 18.4 Å². The Balaban J connectivity index is 1.75. The molecule has 1 fully saturated rings. The average molecular weight is 329 g/mol. The lowest BCUT2D eigenvalue weighted by molar-refractivity contribution is -0.145. The minimum Gasteiger partial charge on any atom is -0.480 e. The predicted octanol–water partition coefficient (Wildman–Crippen LogP) is 1.91. The molecule has 104 valence electrons. The third kappa shape index (κ3) is 4.89. The summed E-state index contributed by atoms with van der Waals surface area (Å²) in [6.45, 7) is 2.53. The number of carboxylic acids is 1. The van der Waals surface area contributed by atoms with Crippen LogP contribution in [0.2, 0.25) is 0 Å². The van der Waals surface area contributed by atoms with Crippen molar-refractivity contribution in [2.24, 2.45) is 0 Å². The zero-order chi connectivity index (χ0) is 13.7. The molecule has 2 heterocycles. The molecule has 0 saturated carbocycles. The average Bonchev–Trinajstić information content (AvgIpc) is 2.38. The van der Waals surface area contributed by atoms with E-state index < -0.39 is 5.97 Å². The zero-order valence-electron chi connectivity index (χ0n) is 10.6. The largest absolute Gasteiger partial charge is 0.480 e. The van der Waals surface area contributed by atoms with Gasteiger partial charge >= 0.3 is 5.97 Å². The molecular formula is C13H17BrN2O3. The number of piperidine rings is 1. The quantitative estimate of drug-likeness (QED) is 0.894. The van der Waals surface area contributed by atoms with E-state index in [0.717, 1.165) is 36.9 Å². The molecule has 1 aromatic heterocycles. The Hall–Kier alpha value is -0.980. The molecule has 0 aromatic carbocycles. The normalized spacial score (nSPS) is 17.5. The molecule has 0 spiro atoms. The molecule has 1 N–H and O–H groups in total. The molecule has 1 aliphatic rings. The van der Waals surface area contributed by atoms with E-state index in [1.54, 1.807) is 6.20 Å². The SMILES string of the molecule is O=C(O)COC1CCN(Cc2cncc(Br)c2)CC1. The van der Waals surface area contributed by atoms with Crippen molar-refractivity contribution in [1.29, 1.82) is 0 Å². The number of aliphatic carboxylic acids is 1. The van der Waals surface area contributed by atoms with Crippen molar-refractivity contribution in [3.05, 3.63) is 28.5 Å². The summed E-state index contributed by atoms with van der Waals surface area (Å²) in [7, 11) is 0. The summed E-state index contributed by atoms with van der Waals surface area (Å²) in [5, 5.41) is 8.57. The van der Waals surface area contributed by atoms with E-state index in [4.69, 9.17) is 9.84 Å². The Morgan fingerprint density at radius 3 is 2.84 bits per heavy atom. The molecule has 19 heavy (non-hydrogen) atoms. The van der Waals surface area contributed by atoms with E-state index >= 15 is 0 Å². The highest BCUT2D eigenvalue weighted by molar-refractivity contribution is 9.10. The van der Waals surface area contributed by atoms with E-state index in [0.29, 0.717) is 0 Å². The number of ether oxygens (including phenoxy) is 1. The number of hydrogen-bond acceptors (Lipinski definition) is 4. The third-order valence-electron chi connectivity index (χ3n) is 3.14. The van der Waals surface area contributed by atoms with Gasteiger partial charge in [-0.15, -0.1) is 0 Å². The van der Waals surface area contributed by atoms with Gasteiger partial charge < -0.3 is 9.84 Å². The van der Waals surface area contributed by atoms with E-state index in [-0.39, 0.29) is 12.7 Å². The van der Waals surface area contributed by atoms with Crippen LogP contribution in [0.3, 0.4) is 0 Å². The Morgan fingerprint density at radius 1 is 1.47 bits per heavy atom. The molecule has 1 saturated heterocycles. The van der Waals surface area contributed by atoms with Crippen LogP contribution >= 0.6 is 15.9 Å². The molecule has 6 heteroatoms. The van der Waals surface area contributed by atoms with Crippen LogP contribution in [0.25, 0.3) is 0 Å². The first-order valence-corrected chi connectivity index (χ1v) is 7.08. The van der Waals surface area contributed by atoms with E-state index in [9.17, 15) is 4.79 Å². The first-order chi connectivity index (χ1) is 9.13. The number of pyridine rings is 1. The topological polar surface area (TPSA) is 62.7 Å². The number of aromatic nitrogens is 1. The highest BCUT2D eigenvalue weighted by Crippen LogP contribution is 2.17. The molecule has 0 atom stereocenters. The van der Waals surface area contributed by atoms with Crippen molar-refractivity contribution in [2.45, 2.75) is 25.5 Å². The summed E-state index contributed by atoms with van der Waals surface area (Å²) < 4.78 is 6.31. The molecular weight excluding hydrogens is 312 g/mol. The van der Waals surface area contributed by atoms with E-state index in [1.165, 1.54) is 5.56 Å². The van der Waals surface area contributed by atoms with Crippen LogP contribution in [0.15, 0.2) is 22.9 Å². The van der Waals surface area contributed by atoms with Crippen molar-refractivity contribution in [2.75, 3.05) is 19.7 Å². The number of halogens is 1. The van der Waals surface area contributed by atoms with Crippen LogP contribution in [0, 0.1) is 0 Å². The predicted molar refractivity (Wildman–Crippen MR) is 73.8 cm³/mol. The Morgan fingerprint density at radius 2 is 2.21 bits per heavy atom. The molecule has 5 nitrogen and oxygen atoms in total. The standard InChI is InChI=1S/C13H17BrN2O3/c14-11-5-10(6-15-7-11)8-16-3-1-12(2-4-16)19-9-13(17)18/h5-7,12H,1-4,8-9H2,(H,17,18). The maximum absolute atomic E-state index is 10.4. The highest BCUT2D eigenvalue weighted by Gasteiger charge is 2.20. The van der Waals surface area contributed by atoms with Gasteiger partial charge in [0.05, 0.1) is 6.10 Å². The fourth-order valence-electron chi connectivity index (χ4n) is 2.22. The molecule has 1 aliphatic heterocycles. The smallest absolute Gasteiger partial charge is 0.329 e. The molecule has 2 rings (SSSR count). The second-order valence-electron chi connectivity index (χ2n) is 4.69. The number of hydrogen-bond donors (Lipinski definition) is 1. The molecule has 0 aliphatic carbocycles. The lowest BCUT2D eigenvalue weighted by Crippen LogP contribution is -2.37. The third-order valence-corrected chi connectivity index (χ3v) is 3.58. The number of rotatable bonds is 5. The maximum atomic E-state index is 10.4. The van der Waals surface area contributed by atoms with Crippen molar-refractivity contribution >= 4 is 21.9 Å². The summed E-state index contributed by atoms with van der Waals surface area (Å²) in [6, 6.07) is 2.07. The minimum atomic E-state index is -0.900. The van der Waals surface area contributed by atoms with Gasteiger partial charge in [0, 0.05) is 36.5 Å². The van der Waals surface area contributed by atoms with Gasteiger partial charge in [-0.3, -0.25) is 9.88 Å². The summed E-state index contributed by atoms with van der Waals surface area (Å²) in [5.41, 5.74) is 1.18. The number of carbonyl (C=O) groups is 1. The molecule has 0 radical (unpaired) electrons. The lowest BCUT2D eigenvalue weighted by Gasteiger charge is -2.31. The Labute approximate surface area is 120 Å². The monoisotopic (exact) mass is 328 g/mol. The summed E-state index contributed by atoms with van der Waals surface area (Å²) in [5.74, 6) is -0.900. The van der Waals surface area contributed by atoms with Gasteiger partial charge in [0.15, 0.2) is 0 Å². The van der Waals surface area contributed by atoms with Crippen molar-refractivity contribution in [1.82, 2.24) is 9.88 Å². The van der Waals surface area contributed by atoms with Crippen LogP contribution in [-0.4, -0.2) is 46.8 Å². The second-order valence-corrected chi connectivity index (χ2v) is 5.61. The first kappa shape index (κ1) is 14.4.